The van der Waals surface area contributed by atoms with Crippen LogP contribution in [0.2, 0.25) is 0 Å². The van der Waals surface area contributed by atoms with E-state index in [9.17, 15) is 0 Å². The van der Waals surface area contributed by atoms with Crippen molar-refractivity contribution in [3.63, 3.8) is 0 Å². The molecule has 1 aliphatic rings. The van der Waals surface area contributed by atoms with Crippen LogP contribution in [0, 0.1) is 11.8 Å². The average Bonchev–Trinajstić information content (AvgIpc) is 2.25. The molecule has 15 heavy (non-hydrogen) atoms. The first-order valence-corrected chi connectivity index (χ1v) is 5.54. The van der Waals surface area contributed by atoms with Crippen molar-refractivity contribution < 1.29 is 14.5 Å². The van der Waals surface area contributed by atoms with Gasteiger partial charge >= 0.3 is 0 Å². The molecule has 4 heteroatoms. The van der Waals surface area contributed by atoms with E-state index in [0.717, 1.165) is 26.1 Å². The Labute approximate surface area is 91.5 Å². The number of ether oxygens (including phenoxy) is 1. The first kappa shape index (κ1) is 12.5. The minimum atomic E-state index is 0.309. The maximum absolute atomic E-state index is 5.35. The van der Waals surface area contributed by atoms with E-state index in [0.29, 0.717) is 17.9 Å². The molecule has 1 saturated heterocycles. The topological polar surface area (TPSA) is 40.0 Å². The Morgan fingerprint density at radius 3 is 2.53 bits per heavy atom. The molecule has 0 spiro atoms. The Morgan fingerprint density at radius 1 is 1.33 bits per heavy atom. The van der Waals surface area contributed by atoms with E-state index < -0.39 is 0 Å². The molecule has 0 aromatic carbocycles. The minimum Gasteiger partial charge on any atom is -0.381 e. The summed E-state index contributed by atoms with van der Waals surface area (Å²) in [7, 11) is 1.48. The molecule has 0 aliphatic carbocycles. The highest BCUT2D eigenvalue weighted by Gasteiger charge is 2.25. The number of hydrogen-bond acceptors (Lipinski definition) is 4. The van der Waals surface area contributed by atoms with Crippen molar-refractivity contribution in [1.82, 2.24) is 0 Å². The third kappa shape index (κ3) is 4.18. The van der Waals surface area contributed by atoms with E-state index in [1.807, 2.05) is 0 Å². The predicted octanol–water partition coefficient (Wildman–Crippen LogP) is 2.04. The molecule has 88 valence electrons. The van der Waals surface area contributed by atoms with Crippen LogP contribution in [0.4, 0.5) is 0 Å². The Morgan fingerprint density at radius 2 is 2.00 bits per heavy atom. The lowest BCUT2D eigenvalue weighted by Crippen LogP contribution is -2.30. The summed E-state index contributed by atoms with van der Waals surface area (Å²) in [5.41, 5.74) is 0. The Hall–Kier alpha value is -0.610. The van der Waals surface area contributed by atoms with Crippen LogP contribution < -0.4 is 0 Å². The molecule has 0 bridgehead atoms. The van der Waals surface area contributed by atoms with E-state index in [4.69, 9.17) is 4.74 Å². The lowest BCUT2D eigenvalue weighted by atomic mass is 9.85. The Bertz CT molecular complexity index is 188. The normalized spacial score (nSPS) is 21.1. The van der Waals surface area contributed by atoms with Gasteiger partial charge in [-0.1, -0.05) is 13.8 Å². The van der Waals surface area contributed by atoms with Gasteiger partial charge in [-0.15, -0.1) is 0 Å². The second-order valence-corrected chi connectivity index (χ2v) is 4.20. The lowest BCUT2D eigenvalue weighted by Gasteiger charge is -2.29. The van der Waals surface area contributed by atoms with E-state index in [2.05, 4.69) is 28.6 Å². The minimum absolute atomic E-state index is 0.309. The van der Waals surface area contributed by atoms with Crippen LogP contribution in [0.3, 0.4) is 0 Å². The lowest BCUT2D eigenvalue weighted by molar-refractivity contribution is -0.188. The first-order valence-electron chi connectivity index (χ1n) is 5.54. The predicted molar refractivity (Wildman–Crippen MR) is 58.8 cm³/mol. The van der Waals surface area contributed by atoms with Gasteiger partial charge in [0.2, 0.25) is 6.40 Å². The van der Waals surface area contributed by atoms with Gasteiger partial charge in [-0.3, -0.25) is 4.99 Å². The zero-order valence-electron chi connectivity index (χ0n) is 9.81. The summed E-state index contributed by atoms with van der Waals surface area (Å²) in [6.45, 7) is 6.08. The molecular weight excluding hydrogens is 194 g/mol. The van der Waals surface area contributed by atoms with Crippen molar-refractivity contribution in [2.75, 3.05) is 20.3 Å². The molecule has 1 heterocycles. The molecule has 1 aliphatic heterocycles. The van der Waals surface area contributed by atoms with Crippen molar-refractivity contribution in [1.29, 1.82) is 0 Å². The Kier molecular flexibility index (Phi) is 5.65. The number of rotatable bonds is 5. The molecule has 0 amide bonds. The zero-order chi connectivity index (χ0) is 11.1. The fraction of sp³-hybridized carbons (Fsp3) is 0.909. The highest BCUT2D eigenvalue weighted by Crippen LogP contribution is 2.25. The zero-order valence-corrected chi connectivity index (χ0v) is 9.81. The molecule has 1 rings (SSSR count). The van der Waals surface area contributed by atoms with Crippen LogP contribution in [0.5, 0.6) is 0 Å². The molecule has 1 atom stereocenters. The van der Waals surface area contributed by atoms with Gasteiger partial charge in [-0.05, 0) is 24.7 Å². The summed E-state index contributed by atoms with van der Waals surface area (Å²) >= 11 is 0. The fourth-order valence-corrected chi connectivity index (χ4v) is 2.03. The number of hydrogen-bond donors (Lipinski definition) is 0. The molecule has 0 radical (unpaired) electrons. The van der Waals surface area contributed by atoms with Gasteiger partial charge in [-0.25, -0.2) is 0 Å². The van der Waals surface area contributed by atoms with Crippen molar-refractivity contribution in [2.45, 2.75) is 32.7 Å². The standard InChI is InChI=1S/C11H21NO3/c1-9(2)11(12-8-15-13-3)10-4-6-14-7-5-10/h8-11H,4-7H2,1-3H3/t11-/m0/s1. The number of nitrogens with zero attached hydrogens (tertiary/aromatic N) is 1. The maximum Gasteiger partial charge on any atom is 0.215 e. The van der Waals surface area contributed by atoms with Crippen LogP contribution in [0.15, 0.2) is 4.99 Å². The SMILES string of the molecule is COOC=N[C@@H](C(C)C)C1CCOCC1. The molecule has 0 N–H and O–H groups in total. The summed E-state index contributed by atoms with van der Waals surface area (Å²) in [6, 6.07) is 0.309. The van der Waals surface area contributed by atoms with E-state index in [-0.39, 0.29) is 0 Å². The summed E-state index contributed by atoms with van der Waals surface area (Å²) < 4.78 is 5.35. The van der Waals surface area contributed by atoms with Crippen LogP contribution in [-0.2, 0) is 14.5 Å². The average molecular weight is 215 g/mol. The van der Waals surface area contributed by atoms with Crippen LogP contribution in [0.1, 0.15) is 26.7 Å². The van der Waals surface area contributed by atoms with Crippen LogP contribution in [-0.4, -0.2) is 32.8 Å². The van der Waals surface area contributed by atoms with Gasteiger partial charge in [0.05, 0.1) is 13.2 Å². The maximum atomic E-state index is 5.35. The molecule has 0 saturated carbocycles. The first-order chi connectivity index (χ1) is 7.25. The largest absolute Gasteiger partial charge is 0.381 e. The van der Waals surface area contributed by atoms with Crippen LogP contribution >= 0.6 is 0 Å². The summed E-state index contributed by atoms with van der Waals surface area (Å²) in [6.07, 6.45) is 3.58. The van der Waals surface area contributed by atoms with Gasteiger partial charge in [0.25, 0.3) is 0 Å². The van der Waals surface area contributed by atoms with E-state index in [1.54, 1.807) is 0 Å². The fourth-order valence-electron chi connectivity index (χ4n) is 2.03. The van der Waals surface area contributed by atoms with Crippen molar-refractivity contribution in [3.05, 3.63) is 0 Å². The highest BCUT2D eigenvalue weighted by atomic mass is 17.2. The third-order valence-corrected chi connectivity index (χ3v) is 2.80. The molecule has 0 unspecified atom stereocenters. The second kappa shape index (κ2) is 6.80. The van der Waals surface area contributed by atoms with Gasteiger partial charge in [0.15, 0.2) is 0 Å². The molecular formula is C11H21NO3. The summed E-state index contributed by atoms with van der Waals surface area (Å²) in [5.74, 6) is 1.13. The highest BCUT2D eigenvalue weighted by molar-refractivity contribution is 5.45. The molecule has 1 fully saturated rings. The quantitative estimate of drug-likeness (QED) is 0.305. The summed E-state index contributed by atoms with van der Waals surface area (Å²) in [5, 5.41) is 0. The summed E-state index contributed by atoms with van der Waals surface area (Å²) in [4.78, 5) is 13.6. The van der Waals surface area contributed by atoms with Crippen molar-refractivity contribution in [2.24, 2.45) is 16.8 Å². The van der Waals surface area contributed by atoms with Crippen molar-refractivity contribution >= 4 is 6.40 Å². The van der Waals surface area contributed by atoms with Gasteiger partial charge in [0, 0.05) is 13.2 Å². The van der Waals surface area contributed by atoms with Crippen molar-refractivity contribution in [3.8, 4) is 0 Å². The van der Waals surface area contributed by atoms with Gasteiger partial charge in [-0.2, -0.15) is 4.89 Å². The van der Waals surface area contributed by atoms with E-state index >= 15 is 0 Å². The van der Waals surface area contributed by atoms with Gasteiger partial charge in [0.1, 0.15) is 0 Å². The number of aliphatic imine (C=N–C) groups is 1. The molecule has 0 aromatic rings. The monoisotopic (exact) mass is 215 g/mol. The smallest absolute Gasteiger partial charge is 0.215 e. The van der Waals surface area contributed by atoms with Crippen LogP contribution in [0.25, 0.3) is 0 Å². The molecule has 0 aromatic heterocycles. The Balaban J connectivity index is 2.48. The molecule has 4 nitrogen and oxygen atoms in total. The van der Waals surface area contributed by atoms with Gasteiger partial charge < -0.3 is 9.62 Å². The second-order valence-electron chi connectivity index (χ2n) is 4.20. The van der Waals surface area contributed by atoms with E-state index in [1.165, 1.54) is 13.5 Å². The third-order valence-electron chi connectivity index (χ3n) is 2.80.